The fraction of sp³-hybridized carbons (Fsp3) is 0.696. The molecule has 0 atom stereocenters. The smallest absolute Gasteiger partial charge is 0.220 e. The van der Waals surface area contributed by atoms with Crippen LogP contribution in [0.1, 0.15) is 89.0 Å². The predicted octanol–water partition coefficient (Wildman–Crippen LogP) is 6.71. The van der Waals surface area contributed by atoms with Gasteiger partial charge in [-0.05, 0) is 59.8 Å². The van der Waals surface area contributed by atoms with Crippen LogP contribution in [-0.2, 0) is 4.79 Å². The van der Waals surface area contributed by atoms with Crippen molar-refractivity contribution in [1.82, 2.24) is 5.32 Å². The highest BCUT2D eigenvalue weighted by molar-refractivity contribution is 9.10. The quantitative estimate of drug-likeness (QED) is 0.502. The Balaban J connectivity index is 1.66. The van der Waals surface area contributed by atoms with Gasteiger partial charge in [0.25, 0.3) is 0 Å². The Kier molecular flexibility index (Phi) is 10.9. The van der Waals surface area contributed by atoms with Gasteiger partial charge < -0.3 is 10.1 Å². The molecule has 27 heavy (non-hydrogen) atoms. The SMILES string of the molecule is Cc1ccc(OCCCC(=O)NC2CCCCCCCCCCC2)c(Br)c1. The van der Waals surface area contributed by atoms with E-state index >= 15 is 0 Å². The minimum atomic E-state index is 0.179. The predicted molar refractivity (Wildman–Crippen MR) is 116 cm³/mol. The monoisotopic (exact) mass is 437 g/mol. The Morgan fingerprint density at radius 1 is 1.04 bits per heavy atom. The van der Waals surface area contributed by atoms with E-state index in [9.17, 15) is 4.79 Å². The third-order valence-electron chi connectivity index (χ3n) is 5.36. The molecule has 0 unspecified atom stereocenters. The summed E-state index contributed by atoms with van der Waals surface area (Å²) in [5.41, 5.74) is 1.20. The molecule has 4 heteroatoms. The van der Waals surface area contributed by atoms with Gasteiger partial charge in [0.2, 0.25) is 5.91 Å². The summed E-state index contributed by atoms with van der Waals surface area (Å²) in [6.07, 6.45) is 15.6. The largest absolute Gasteiger partial charge is 0.492 e. The maximum absolute atomic E-state index is 12.3. The van der Waals surface area contributed by atoms with Crippen molar-refractivity contribution in [3.63, 3.8) is 0 Å². The molecule has 3 nitrogen and oxygen atoms in total. The van der Waals surface area contributed by atoms with Crippen LogP contribution < -0.4 is 10.1 Å². The first kappa shape index (κ1) is 22.3. The lowest BCUT2D eigenvalue weighted by molar-refractivity contribution is -0.122. The second kappa shape index (κ2) is 13.2. The molecular weight excluding hydrogens is 402 g/mol. The van der Waals surface area contributed by atoms with Gasteiger partial charge in [-0.2, -0.15) is 0 Å². The number of halogens is 1. The average molecular weight is 438 g/mol. The summed E-state index contributed by atoms with van der Waals surface area (Å²) < 4.78 is 6.77. The van der Waals surface area contributed by atoms with E-state index in [0.29, 0.717) is 19.1 Å². The molecule has 152 valence electrons. The van der Waals surface area contributed by atoms with Gasteiger partial charge in [-0.1, -0.05) is 63.9 Å². The van der Waals surface area contributed by atoms with Crippen LogP contribution in [0, 0.1) is 6.92 Å². The summed E-state index contributed by atoms with van der Waals surface area (Å²) in [5.74, 6) is 1.03. The lowest BCUT2D eigenvalue weighted by atomic mass is 9.98. The zero-order valence-corrected chi connectivity index (χ0v) is 18.5. The van der Waals surface area contributed by atoms with E-state index in [2.05, 4.69) is 28.2 Å². The lowest BCUT2D eigenvalue weighted by Crippen LogP contribution is -2.35. The van der Waals surface area contributed by atoms with Crippen LogP contribution in [0.15, 0.2) is 22.7 Å². The molecule has 0 aliphatic heterocycles. The van der Waals surface area contributed by atoms with E-state index in [0.717, 1.165) is 29.5 Å². The van der Waals surface area contributed by atoms with Crippen LogP contribution in [-0.4, -0.2) is 18.6 Å². The van der Waals surface area contributed by atoms with Crippen molar-refractivity contribution in [2.75, 3.05) is 6.61 Å². The summed E-state index contributed by atoms with van der Waals surface area (Å²) in [4.78, 5) is 12.3. The molecule has 1 saturated carbocycles. The number of rotatable bonds is 6. The van der Waals surface area contributed by atoms with E-state index in [1.165, 1.54) is 63.4 Å². The van der Waals surface area contributed by atoms with Crippen molar-refractivity contribution in [2.45, 2.75) is 96.4 Å². The fourth-order valence-electron chi connectivity index (χ4n) is 3.75. The minimum Gasteiger partial charge on any atom is -0.492 e. The highest BCUT2D eigenvalue weighted by atomic mass is 79.9. The van der Waals surface area contributed by atoms with Crippen molar-refractivity contribution in [3.05, 3.63) is 28.2 Å². The number of carbonyl (C=O) groups excluding carboxylic acids is 1. The van der Waals surface area contributed by atoms with Gasteiger partial charge in [0, 0.05) is 12.5 Å². The van der Waals surface area contributed by atoms with Gasteiger partial charge in [-0.25, -0.2) is 0 Å². The minimum absolute atomic E-state index is 0.179. The average Bonchev–Trinajstić information content (AvgIpc) is 2.62. The molecule has 1 aromatic carbocycles. The molecule has 1 fully saturated rings. The van der Waals surface area contributed by atoms with E-state index in [-0.39, 0.29) is 5.91 Å². The van der Waals surface area contributed by atoms with Crippen LogP contribution in [0.2, 0.25) is 0 Å². The van der Waals surface area contributed by atoms with Gasteiger partial charge in [0.15, 0.2) is 0 Å². The first-order chi connectivity index (χ1) is 13.1. The van der Waals surface area contributed by atoms with Crippen molar-refractivity contribution in [3.8, 4) is 5.75 Å². The summed E-state index contributed by atoms with van der Waals surface area (Å²) >= 11 is 3.53. The standard InChI is InChI=1S/C23H36BrNO2/c1-19-15-16-22(21(24)18-19)27-17-11-14-23(26)25-20-12-9-7-5-3-2-4-6-8-10-13-20/h15-16,18,20H,2-14,17H2,1H3,(H,25,26). The second-order valence-corrected chi connectivity index (χ2v) is 8.76. The van der Waals surface area contributed by atoms with Gasteiger partial charge in [0.05, 0.1) is 11.1 Å². The van der Waals surface area contributed by atoms with Gasteiger partial charge in [-0.15, -0.1) is 0 Å². The number of amides is 1. The number of ether oxygens (including phenoxy) is 1. The zero-order valence-electron chi connectivity index (χ0n) is 16.9. The number of aryl methyl sites for hydroxylation is 1. The normalized spacial score (nSPS) is 17.6. The van der Waals surface area contributed by atoms with E-state index in [1.54, 1.807) is 0 Å². The van der Waals surface area contributed by atoms with Crippen molar-refractivity contribution in [2.24, 2.45) is 0 Å². The molecular formula is C23H36BrNO2. The highest BCUT2D eigenvalue weighted by Crippen LogP contribution is 2.25. The van der Waals surface area contributed by atoms with E-state index in [4.69, 9.17) is 4.74 Å². The third-order valence-corrected chi connectivity index (χ3v) is 5.98. The fourth-order valence-corrected chi connectivity index (χ4v) is 4.35. The molecule has 0 saturated heterocycles. The number of nitrogens with one attached hydrogen (secondary N) is 1. The highest BCUT2D eigenvalue weighted by Gasteiger charge is 2.12. The van der Waals surface area contributed by atoms with Crippen LogP contribution >= 0.6 is 15.9 Å². The molecule has 0 spiro atoms. The third kappa shape index (κ3) is 9.64. The first-order valence-electron chi connectivity index (χ1n) is 10.8. The summed E-state index contributed by atoms with van der Waals surface area (Å²) in [5, 5.41) is 3.28. The van der Waals surface area contributed by atoms with Crippen molar-refractivity contribution < 1.29 is 9.53 Å². The van der Waals surface area contributed by atoms with E-state index < -0.39 is 0 Å². The molecule has 0 bridgehead atoms. The maximum atomic E-state index is 12.3. The molecule has 1 aromatic rings. The van der Waals surface area contributed by atoms with Crippen molar-refractivity contribution >= 4 is 21.8 Å². The Labute approximate surface area is 173 Å². The summed E-state index contributed by atoms with van der Waals surface area (Å²) in [6.45, 7) is 2.63. The van der Waals surface area contributed by atoms with Crippen LogP contribution in [0.3, 0.4) is 0 Å². The van der Waals surface area contributed by atoms with Crippen LogP contribution in [0.4, 0.5) is 0 Å². The number of hydrogen-bond acceptors (Lipinski definition) is 2. The zero-order chi connectivity index (χ0) is 19.3. The molecule has 0 radical (unpaired) electrons. The molecule has 1 amide bonds. The molecule has 0 heterocycles. The van der Waals surface area contributed by atoms with Gasteiger partial charge in [0.1, 0.15) is 5.75 Å². The number of carbonyl (C=O) groups is 1. The van der Waals surface area contributed by atoms with Gasteiger partial charge in [-0.3, -0.25) is 4.79 Å². The topological polar surface area (TPSA) is 38.3 Å². The Hall–Kier alpha value is -1.03. The van der Waals surface area contributed by atoms with E-state index in [1.807, 2.05) is 18.2 Å². The lowest BCUT2D eigenvalue weighted by Gasteiger charge is -2.19. The summed E-state index contributed by atoms with van der Waals surface area (Å²) in [6, 6.07) is 6.43. The first-order valence-corrected chi connectivity index (χ1v) is 11.6. The molecule has 0 aromatic heterocycles. The number of benzene rings is 1. The Morgan fingerprint density at radius 2 is 1.63 bits per heavy atom. The maximum Gasteiger partial charge on any atom is 0.220 e. The molecule has 1 aliphatic carbocycles. The molecule has 1 aliphatic rings. The molecule has 1 N–H and O–H groups in total. The van der Waals surface area contributed by atoms with Crippen LogP contribution in [0.25, 0.3) is 0 Å². The van der Waals surface area contributed by atoms with Crippen LogP contribution in [0.5, 0.6) is 5.75 Å². The Bertz CT molecular complexity index is 549. The molecule has 2 rings (SSSR count). The summed E-state index contributed by atoms with van der Waals surface area (Å²) in [7, 11) is 0. The second-order valence-electron chi connectivity index (χ2n) is 7.91. The number of hydrogen-bond donors (Lipinski definition) is 1. The van der Waals surface area contributed by atoms with Crippen molar-refractivity contribution in [1.29, 1.82) is 0 Å². The van der Waals surface area contributed by atoms with Gasteiger partial charge >= 0.3 is 0 Å². The Morgan fingerprint density at radius 3 is 2.22 bits per heavy atom.